The van der Waals surface area contributed by atoms with Crippen molar-refractivity contribution in [2.24, 2.45) is 4.99 Å². The molecule has 2 N–H and O–H groups in total. The van der Waals surface area contributed by atoms with Crippen LogP contribution in [0.4, 0.5) is 0 Å². The van der Waals surface area contributed by atoms with Crippen LogP contribution in [-0.4, -0.2) is 55.7 Å². The number of amides is 1. The molecule has 1 saturated heterocycles. The minimum atomic E-state index is -0.257. The van der Waals surface area contributed by atoms with E-state index in [1.165, 1.54) is 6.42 Å². The Morgan fingerprint density at radius 2 is 1.81 bits per heavy atom. The van der Waals surface area contributed by atoms with Crippen molar-refractivity contribution in [2.75, 3.05) is 33.3 Å². The fourth-order valence-corrected chi connectivity index (χ4v) is 2.91. The van der Waals surface area contributed by atoms with E-state index in [0.29, 0.717) is 13.1 Å². The molecule has 0 aliphatic carbocycles. The first kappa shape index (κ1) is 21.2. The second-order valence-electron chi connectivity index (χ2n) is 7.56. The lowest BCUT2D eigenvalue weighted by Gasteiger charge is -2.26. The SMILES string of the molecule is CCNC(=NCc1ccc(C(=O)N2CCCCC2)cc1)NCC(C)(C)OC. The van der Waals surface area contributed by atoms with Gasteiger partial charge in [-0.25, -0.2) is 4.99 Å². The number of ether oxygens (including phenoxy) is 1. The van der Waals surface area contributed by atoms with Crippen LogP contribution in [0, 0.1) is 0 Å². The highest BCUT2D eigenvalue weighted by molar-refractivity contribution is 5.94. The molecule has 2 rings (SSSR count). The maximum atomic E-state index is 12.5. The largest absolute Gasteiger partial charge is 0.377 e. The van der Waals surface area contributed by atoms with Crippen LogP contribution in [0.1, 0.15) is 56.0 Å². The Hall–Kier alpha value is -2.08. The summed E-state index contributed by atoms with van der Waals surface area (Å²) in [5.41, 5.74) is 1.58. The van der Waals surface area contributed by atoms with Gasteiger partial charge in [0.25, 0.3) is 5.91 Å². The predicted octanol–water partition coefficient (Wildman–Crippen LogP) is 2.79. The van der Waals surface area contributed by atoms with Crippen LogP contribution < -0.4 is 10.6 Å². The monoisotopic (exact) mass is 374 g/mol. The maximum Gasteiger partial charge on any atom is 0.253 e. The number of hydrogen-bond donors (Lipinski definition) is 2. The Labute approximate surface area is 163 Å². The van der Waals surface area contributed by atoms with E-state index in [9.17, 15) is 4.79 Å². The first-order valence-electron chi connectivity index (χ1n) is 9.91. The van der Waals surface area contributed by atoms with Crippen LogP contribution in [-0.2, 0) is 11.3 Å². The molecule has 0 bridgehead atoms. The highest BCUT2D eigenvalue weighted by atomic mass is 16.5. The molecular formula is C21H34N4O2. The average molecular weight is 375 g/mol. The fourth-order valence-electron chi connectivity index (χ4n) is 2.91. The smallest absolute Gasteiger partial charge is 0.253 e. The molecular weight excluding hydrogens is 340 g/mol. The van der Waals surface area contributed by atoms with Gasteiger partial charge in [0, 0.05) is 38.9 Å². The van der Waals surface area contributed by atoms with E-state index in [-0.39, 0.29) is 11.5 Å². The Bertz CT molecular complexity index is 620. The summed E-state index contributed by atoms with van der Waals surface area (Å²) in [5, 5.41) is 6.55. The molecule has 1 aromatic carbocycles. The Morgan fingerprint density at radius 3 is 2.41 bits per heavy atom. The van der Waals surface area contributed by atoms with Gasteiger partial charge in [0.15, 0.2) is 5.96 Å². The number of hydrogen-bond acceptors (Lipinski definition) is 3. The summed E-state index contributed by atoms with van der Waals surface area (Å²) in [6.45, 7) is 9.87. The number of piperidine rings is 1. The molecule has 0 unspecified atom stereocenters. The third-order valence-electron chi connectivity index (χ3n) is 4.84. The van der Waals surface area contributed by atoms with Crippen LogP contribution in [0.5, 0.6) is 0 Å². The van der Waals surface area contributed by atoms with Crippen LogP contribution in [0.3, 0.4) is 0 Å². The third-order valence-corrected chi connectivity index (χ3v) is 4.84. The second-order valence-corrected chi connectivity index (χ2v) is 7.56. The molecule has 1 aliphatic heterocycles. The van der Waals surface area contributed by atoms with Gasteiger partial charge in [-0.15, -0.1) is 0 Å². The van der Waals surface area contributed by atoms with Gasteiger partial charge in [-0.3, -0.25) is 4.79 Å². The lowest BCUT2D eigenvalue weighted by Crippen LogP contribution is -2.45. The number of rotatable bonds is 7. The summed E-state index contributed by atoms with van der Waals surface area (Å²) in [5.74, 6) is 0.901. The third kappa shape index (κ3) is 6.86. The topological polar surface area (TPSA) is 66.0 Å². The standard InChI is InChI=1S/C21H34N4O2/c1-5-22-20(24-16-21(2,3)27-4)23-15-17-9-11-18(12-10-17)19(26)25-13-7-6-8-14-25/h9-12H,5-8,13-16H2,1-4H3,(H2,22,23,24). The first-order chi connectivity index (χ1) is 12.9. The zero-order chi connectivity index (χ0) is 19.7. The summed E-state index contributed by atoms with van der Waals surface area (Å²) >= 11 is 0. The van der Waals surface area contributed by atoms with E-state index < -0.39 is 0 Å². The van der Waals surface area contributed by atoms with Crippen molar-refractivity contribution >= 4 is 11.9 Å². The normalized spacial score (nSPS) is 15.6. The number of carbonyl (C=O) groups is 1. The van der Waals surface area contributed by atoms with Crippen molar-refractivity contribution in [3.63, 3.8) is 0 Å². The first-order valence-corrected chi connectivity index (χ1v) is 9.91. The fraction of sp³-hybridized carbons (Fsp3) is 0.619. The molecule has 1 aliphatic rings. The number of likely N-dealkylation sites (tertiary alicyclic amines) is 1. The molecule has 1 fully saturated rings. The van der Waals surface area contributed by atoms with Gasteiger partial charge in [-0.05, 0) is 57.7 Å². The average Bonchev–Trinajstić information content (AvgIpc) is 2.70. The number of methoxy groups -OCH3 is 1. The van der Waals surface area contributed by atoms with E-state index in [2.05, 4.69) is 15.6 Å². The van der Waals surface area contributed by atoms with Crippen molar-refractivity contribution in [1.82, 2.24) is 15.5 Å². The van der Waals surface area contributed by atoms with E-state index in [1.807, 2.05) is 49.9 Å². The Balaban J connectivity index is 1.94. The van der Waals surface area contributed by atoms with Gasteiger partial charge in [-0.2, -0.15) is 0 Å². The lowest BCUT2D eigenvalue weighted by atomic mass is 10.1. The van der Waals surface area contributed by atoms with Crippen LogP contribution in [0.15, 0.2) is 29.3 Å². The lowest BCUT2D eigenvalue weighted by molar-refractivity contribution is 0.0268. The van der Waals surface area contributed by atoms with Crippen LogP contribution in [0.2, 0.25) is 0 Å². The van der Waals surface area contributed by atoms with Crippen molar-refractivity contribution in [3.8, 4) is 0 Å². The van der Waals surface area contributed by atoms with E-state index >= 15 is 0 Å². The molecule has 0 saturated carbocycles. The van der Waals surface area contributed by atoms with Crippen LogP contribution >= 0.6 is 0 Å². The molecule has 0 spiro atoms. The summed E-state index contributed by atoms with van der Waals surface area (Å²) in [6.07, 6.45) is 3.45. The number of nitrogens with one attached hydrogen (secondary N) is 2. The van der Waals surface area contributed by atoms with E-state index in [4.69, 9.17) is 4.74 Å². The molecule has 0 atom stereocenters. The van der Waals surface area contributed by atoms with Crippen molar-refractivity contribution in [1.29, 1.82) is 0 Å². The van der Waals surface area contributed by atoms with E-state index in [0.717, 1.165) is 49.6 Å². The molecule has 1 aromatic rings. The highest BCUT2D eigenvalue weighted by Gasteiger charge is 2.18. The van der Waals surface area contributed by atoms with Crippen molar-refractivity contribution in [3.05, 3.63) is 35.4 Å². The molecule has 1 heterocycles. The van der Waals surface area contributed by atoms with Crippen molar-refractivity contribution < 1.29 is 9.53 Å². The second kappa shape index (κ2) is 10.3. The molecule has 150 valence electrons. The van der Waals surface area contributed by atoms with Gasteiger partial charge < -0.3 is 20.3 Å². The molecule has 6 nitrogen and oxygen atoms in total. The maximum absolute atomic E-state index is 12.5. The summed E-state index contributed by atoms with van der Waals surface area (Å²) < 4.78 is 5.43. The van der Waals surface area contributed by atoms with Gasteiger partial charge in [0.05, 0.1) is 12.1 Å². The zero-order valence-corrected chi connectivity index (χ0v) is 17.2. The zero-order valence-electron chi connectivity index (χ0n) is 17.2. The minimum absolute atomic E-state index is 0.140. The van der Waals surface area contributed by atoms with Crippen LogP contribution in [0.25, 0.3) is 0 Å². The molecule has 6 heteroatoms. The summed E-state index contributed by atoms with van der Waals surface area (Å²) in [6, 6.07) is 7.80. The quantitative estimate of drug-likeness (QED) is 0.569. The molecule has 0 aromatic heterocycles. The Morgan fingerprint density at radius 1 is 1.15 bits per heavy atom. The van der Waals surface area contributed by atoms with Gasteiger partial charge in [0.2, 0.25) is 0 Å². The number of aliphatic imine (C=N–C) groups is 1. The predicted molar refractivity (Wildman–Crippen MR) is 110 cm³/mol. The van der Waals surface area contributed by atoms with Gasteiger partial charge >= 0.3 is 0 Å². The highest BCUT2D eigenvalue weighted by Crippen LogP contribution is 2.14. The van der Waals surface area contributed by atoms with E-state index in [1.54, 1.807) is 7.11 Å². The molecule has 1 amide bonds. The van der Waals surface area contributed by atoms with Gasteiger partial charge in [0.1, 0.15) is 0 Å². The minimum Gasteiger partial charge on any atom is -0.377 e. The molecule has 27 heavy (non-hydrogen) atoms. The van der Waals surface area contributed by atoms with Gasteiger partial charge in [-0.1, -0.05) is 12.1 Å². The number of benzene rings is 1. The number of carbonyl (C=O) groups excluding carboxylic acids is 1. The summed E-state index contributed by atoms with van der Waals surface area (Å²) in [4.78, 5) is 19.1. The Kier molecular flexibility index (Phi) is 8.10. The number of nitrogens with zero attached hydrogens (tertiary/aromatic N) is 2. The number of guanidine groups is 1. The molecule has 0 radical (unpaired) electrons. The summed E-state index contributed by atoms with van der Waals surface area (Å²) in [7, 11) is 1.71. The van der Waals surface area contributed by atoms with Crippen molar-refractivity contribution in [2.45, 2.75) is 52.2 Å².